The molecule has 0 spiro atoms. The summed E-state index contributed by atoms with van der Waals surface area (Å²) >= 11 is 17.1. The summed E-state index contributed by atoms with van der Waals surface area (Å²) in [5.74, 6) is -0.685. The molecule has 2 aromatic rings. The van der Waals surface area contributed by atoms with Gasteiger partial charge < -0.3 is 5.32 Å². The summed E-state index contributed by atoms with van der Waals surface area (Å²) < 4.78 is 24.6. The number of rotatable bonds is 5. The molecule has 1 amide bonds. The Balaban J connectivity index is 2.24. The molecule has 0 bridgehead atoms. The summed E-state index contributed by atoms with van der Waals surface area (Å²) in [6, 6.07) is 14.4. The first-order valence-corrected chi connectivity index (χ1v) is 9.52. The van der Waals surface area contributed by atoms with Crippen LogP contribution in [0.4, 0.5) is 0 Å². The number of sulfone groups is 1. The molecule has 0 aliphatic carbocycles. The predicted octanol–water partition coefficient (Wildman–Crippen LogP) is 4.55. The maximum atomic E-state index is 12.6. The van der Waals surface area contributed by atoms with E-state index in [-0.39, 0.29) is 4.90 Å². The number of benzene rings is 2. The second-order valence-electron chi connectivity index (χ2n) is 4.78. The predicted molar refractivity (Wildman–Crippen MR) is 101 cm³/mol. The van der Waals surface area contributed by atoms with Crippen LogP contribution in [0.5, 0.6) is 0 Å². The molecule has 0 atom stereocenters. The second-order valence-corrected chi connectivity index (χ2v) is 8.05. The Bertz CT molecular complexity index is 917. The Hall–Kier alpha value is -1.79. The molecule has 1 N–H and O–H groups in total. The molecule has 0 heterocycles. The van der Waals surface area contributed by atoms with Gasteiger partial charge in [-0.15, -0.1) is 0 Å². The quantitative estimate of drug-likeness (QED) is 0.727. The van der Waals surface area contributed by atoms with Crippen LogP contribution in [0.25, 0.3) is 6.08 Å². The Morgan fingerprint density at radius 2 is 1.56 bits per heavy atom. The van der Waals surface area contributed by atoms with Crippen LogP contribution in [-0.4, -0.2) is 14.3 Å². The minimum Gasteiger partial charge on any atom is -0.311 e. The van der Waals surface area contributed by atoms with Gasteiger partial charge in [0.25, 0.3) is 0 Å². The second kappa shape index (κ2) is 8.54. The van der Waals surface area contributed by atoms with Crippen molar-refractivity contribution in [2.75, 3.05) is 0 Å². The largest absolute Gasteiger partial charge is 0.311 e. The normalized spacial score (nSPS) is 11.3. The number of carbonyl (C=O) groups is 1. The fourth-order valence-electron chi connectivity index (χ4n) is 1.84. The molecule has 0 radical (unpaired) electrons. The molecule has 8 heteroatoms. The SMILES string of the molecule is O=C(/C=C/c1ccccc1)NC(=C(Cl)Cl)S(=O)(=O)c1ccc(Cl)cc1. The van der Waals surface area contributed by atoms with Crippen LogP contribution in [-0.2, 0) is 14.6 Å². The van der Waals surface area contributed by atoms with Crippen LogP contribution in [0.3, 0.4) is 0 Å². The van der Waals surface area contributed by atoms with E-state index in [2.05, 4.69) is 5.32 Å². The molecule has 0 aliphatic rings. The van der Waals surface area contributed by atoms with E-state index in [0.29, 0.717) is 5.02 Å². The van der Waals surface area contributed by atoms with Crippen molar-refractivity contribution >= 4 is 56.6 Å². The lowest BCUT2D eigenvalue weighted by Crippen LogP contribution is -2.26. The third-order valence-electron chi connectivity index (χ3n) is 3.03. The van der Waals surface area contributed by atoms with Crippen LogP contribution in [0.1, 0.15) is 5.56 Å². The average Bonchev–Trinajstić information content (AvgIpc) is 2.58. The summed E-state index contributed by atoms with van der Waals surface area (Å²) in [7, 11) is -4.10. The van der Waals surface area contributed by atoms with Gasteiger partial charge in [0.15, 0.2) is 5.03 Å². The lowest BCUT2D eigenvalue weighted by atomic mass is 10.2. The molecule has 0 saturated heterocycles. The van der Waals surface area contributed by atoms with E-state index < -0.39 is 25.3 Å². The van der Waals surface area contributed by atoms with Crippen molar-refractivity contribution in [3.05, 3.63) is 80.8 Å². The highest BCUT2D eigenvalue weighted by Crippen LogP contribution is 2.25. The number of hydrogen-bond acceptors (Lipinski definition) is 3. The van der Waals surface area contributed by atoms with Crippen molar-refractivity contribution in [3.63, 3.8) is 0 Å². The molecular formula is C17H12Cl3NO3S. The van der Waals surface area contributed by atoms with Gasteiger partial charge in [0.1, 0.15) is 4.49 Å². The third kappa shape index (κ3) is 5.34. The molecule has 2 rings (SSSR count). The molecule has 130 valence electrons. The van der Waals surface area contributed by atoms with Gasteiger partial charge in [-0.1, -0.05) is 65.1 Å². The zero-order chi connectivity index (χ0) is 18.4. The van der Waals surface area contributed by atoms with Gasteiger partial charge in [-0.25, -0.2) is 8.42 Å². The van der Waals surface area contributed by atoms with Crippen molar-refractivity contribution in [1.29, 1.82) is 0 Å². The fraction of sp³-hybridized carbons (Fsp3) is 0. The molecule has 0 saturated carbocycles. The van der Waals surface area contributed by atoms with Gasteiger partial charge in [-0.2, -0.15) is 0 Å². The number of amides is 1. The standard InChI is InChI=1S/C17H12Cl3NO3S/c18-13-7-9-14(10-8-13)25(23,24)17(16(19)20)21-15(22)11-6-12-4-2-1-3-5-12/h1-11H,(H,21,22)/b11-6+. The monoisotopic (exact) mass is 415 g/mol. The van der Waals surface area contributed by atoms with Crippen molar-refractivity contribution < 1.29 is 13.2 Å². The molecule has 25 heavy (non-hydrogen) atoms. The summed E-state index contributed by atoms with van der Waals surface area (Å²) in [6.45, 7) is 0. The molecule has 4 nitrogen and oxygen atoms in total. The minimum atomic E-state index is -4.10. The van der Waals surface area contributed by atoms with Gasteiger partial charge in [0, 0.05) is 11.1 Å². The maximum absolute atomic E-state index is 12.6. The van der Waals surface area contributed by atoms with Crippen LogP contribution in [0.15, 0.2) is 75.1 Å². The van der Waals surface area contributed by atoms with Gasteiger partial charge >= 0.3 is 0 Å². The highest BCUT2D eigenvalue weighted by atomic mass is 35.5. The Labute approximate surface area is 160 Å². The topological polar surface area (TPSA) is 63.2 Å². The average molecular weight is 417 g/mol. The van der Waals surface area contributed by atoms with Crippen molar-refractivity contribution in [3.8, 4) is 0 Å². The summed E-state index contributed by atoms with van der Waals surface area (Å²) in [4.78, 5) is 11.9. The van der Waals surface area contributed by atoms with Gasteiger partial charge in [-0.3, -0.25) is 4.79 Å². The lowest BCUT2D eigenvalue weighted by Gasteiger charge is -2.10. The van der Waals surface area contributed by atoms with E-state index in [1.807, 2.05) is 18.2 Å². The molecule has 0 aliphatic heterocycles. The maximum Gasteiger partial charge on any atom is 0.248 e. The molecule has 0 unspecified atom stereocenters. The third-order valence-corrected chi connectivity index (χ3v) is 5.62. The summed E-state index contributed by atoms with van der Waals surface area (Å²) in [6.07, 6.45) is 2.72. The smallest absolute Gasteiger partial charge is 0.248 e. The molecule has 0 fully saturated rings. The molecule has 2 aromatic carbocycles. The van der Waals surface area contributed by atoms with E-state index >= 15 is 0 Å². The number of hydrogen-bond donors (Lipinski definition) is 1. The van der Waals surface area contributed by atoms with Gasteiger partial charge in [0.05, 0.1) is 4.90 Å². The van der Waals surface area contributed by atoms with E-state index in [1.54, 1.807) is 12.1 Å². The molecular weight excluding hydrogens is 405 g/mol. The van der Waals surface area contributed by atoms with Crippen LogP contribution in [0, 0.1) is 0 Å². The van der Waals surface area contributed by atoms with Crippen LogP contribution >= 0.6 is 34.8 Å². The van der Waals surface area contributed by atoms with E-state index in [4.69, 9.17) is 34.8 Å². The number of nitrogens with one attached hydrogen (secondary N) is 1. The first kappa shape index (κ1) is 19.5. The first-order valence-electron chi connectivity index (χ1n) is 6.91. The number of halogens is 3. The van der Waals surface area contributed by atoms with E-state index in [9.17, 15) is 13.2 Å². The highest BCUT2D eigenvalue weighted by molar-refractivity contribution is 7.95. The Morgan fingerprint density at radius 1 is 0.960 bits per heavy atom. The zero-order valence-corrected chi connectivity index (χ0v) is 15.7. The van der Waals surface area contributed by atoms with E-state index in [1.165, 1.54) is 36.4 Å². The Kier molecular flexibility index (Phi) is 6.67. The van der Waals surface area contributed by atoms with Crippen molar-refractivity contribution in [1.82, 2.24) is 5.32 Å². The summed E-state index contributed by atoms with van der Waals surface area (Å²) in [5.41, 5.74) is 0.778. The van der Waals surface area contributed by atoms with Crippen LogP contribution < -0.4 is 5.32 Å². The van der Waals surface area contributed by atoms with Crippen molar-refractivity contribution in [2.45, 2.75) is 4.90 Å². The van der Waals surface area contributed by atoms with Gasteiger partial charge in [-0.05, 0) is 35.9 Å². The van der Waals surface area contributed by atoms with Gasteiger partial charge in [0.2, 0.25) is 15.7 Å². The fourth-order valence-corrected chi connectivity index (χ4v) is 3.84. The molecule has 0 aromatic heterocycles. The van der Waals surface area contributed by atoms with Crippen molar-refractivity contribution in [2.24, 2.45) is 0 Å². The first-order chi connectivity index (χ1) is 11.8. The lowest BCUT2D eigenvalue weighted by molar-refractivity contribution is -0.115. The van der Waals surface area contributed by atoms with Crippen LogP contribution in [0.2, 0.25) is 5.02 Å². The van der Waals surface area contributed by atoms with E-state index in [0.717, 1.165) is 5.56 Å². The zero-order valence-electron chi connectivity index (χ0n) is 12.6. The Morgan fingerprint density at radius 3 is 2.12 bits per heavy atom. The summed E-state index contributed by atoms with van der Waals surface area (Å²) in [5, 5.41) is 1.98. The minimum absolute atomic E-state index is 0.0990. The number of carbonyl (C=O) groups excluding carboxylic acids is 1. The highest BCUT2D eigenvalue weighted by Gasteiger charge is 2.25.